The van der Waals surface area contributed by atoms with Gasteiger partial charge in [-0.15, -0.1) is 0 Å². The zero-order valence-corrected chi connectivity index (χ0v) is 11.9. The molecule has 104 valence electrons. The molecule has 0 aromatic heterocycles. The summed E-state index contributed by atoms with van der Waals surface area (Å²) in [5.74, 6) is 2.60. The lowest BCUT2D eigenvalue weighted by atomic mass is 9.96. The molecule has 2 aliphatic heterocycles. The van der Waals surface area contributed by atoms with Crippen LogP contribution in [0.25, 0.3) is 0 Å². The van der Waals surface area contributed by atoms with Crippen LogP contribution in [0.4, 0.5) is 0 Å². The van der Waals surface area contributed by atoms with Crippen LogP contribution in [0.15, 0.2) is 18.2 Å². The lowest BCUT2D eigenvalue weighted by Crippen LogP contribution is -2.36. The highest BCUT2D eigenvalue weighted by molar-refractivity contribution is 5.44. The van der Waals surface area contributed by atoms with E-state index < -0.39 is 0 Å². The summed E-state index contributed by atoms with van der Waals surface area (Å²) in [5, 5.41) is 0. The van der Waals surface area contributed by atoms with E-state index in [9.17, 15) is 0 Å². The Hall–Kier alpha value is -1.22. The second kappa shape index (κ2) is 5.41. The number of ether oxygens (including phenoxy) is 2. The topological polar surface area (TPSA) is 21.7 Å². The van der Waals surface area contributed by atoms with Crippen LogP contribution in [0.3, 0.4) is 0 Å². The Kier molecular flexibility index (Phi) is 3.65. The number of likely N-dealkylation sites (tertiary alicyclic amines) is 1. The van der Waals surface area contributed by atoms with Crippen LogP contribution >= 0.6 is 0 Å². The van der Waals surface area contributed by atoms with Gasteiger partial charge in [-0.25, -0.2) is 0 Å². The average molecular weight is 261 g/mol. The molecule has 19 heavy (non-hydrogen) atoms. The maximum absolute atomic E-state index is 5.68. The lowest BCUT2D eigenvalue weighted by molar-refractivity contribution is 0.137. The molecule has 0 aliphatic carbocycles. The van der Waals surface area contributed by atoms with E-state index in [1.54, 1.807) is 0 Å². The second-order valence-electron chi connectivity index (χ2n) is 5.82. The summed E-state index contributed by atoms with van der Waals surface area (Å²) in [5.41, 5.74) is 1.33. The molecule has 3 heteroatoms. The fourth-order valence-electron chi connectivity index (χ4n) is 3.11. The quantitative estimate of drug-likeness (QED) is 0.815. The largest absolute Gasteiger partial charge is 0.486 e. The van der Waals surface area contributed by atoms with E-state index in [-0.39, 0.29) is 0 Å². The van der Waals surface area contributed by atoms with Gasteiger partial charge in [0.05, 0.1) is 0 Å². The maximum atomic E-state index is 5.68. The van der Waals surface area contributed by atoms with Crippen LogP contribution in [-0.2, 0) is 0 Å². The molecule has 0 spiro atoms. The first-order valence-corrected chi connectivity index (χ1v) is 7.37. The van der Waals surface area contributed by atoms with Crippen molar-refractivity contribution in [1.82, 2.24) is 4.90 Å². The van der Waals surface area contributed by atoms with Crippen molar-refractivity contribution >= 4 is 0 Å². The highest BCUT2D eigenvalue weighted by atomic mass is 16.6. The first-order chi connectivity index (χ1) is 9.24. The standard InChI is InChI=1S/C16H23NO2/c1-12-4-3-7-17(11-12)13(2)14-5-6-15-16(10-14)19-9-8-18-15/h5-6,10,12-13H,3-4,7-9,11H2,1-2H3. The Bertz CT molecular complexity index is 446. The summed E-state index contributed by atoms with van der Waals surface area (Å²) in [6.45, 7) is 8.37. The molecule has 0 radical (unpaired) electrons. The summed E-state index contributed by atoms with van der Waals surface area (Å²) in [6.07, 6.45) is 2.68. The van der Waals surface area contributed by atoms with Crippen LogP contribution < -0.4 is 9.47 Å². The Morgan fingerprint density at radius 1 is 1.21 bits per heavy atom. The van der Waals surface area contributed by atoms with Gasteiger partial charge in [0, 0.05) is 12.6 Å². The van der Waals surface area contributed by atoms with Crippen molar-refractivity contribution in [2.45, 2.75) is 32.7 Å². The van der Waals surface area contributed by atoms with E-state index in [1.165, 1.54) is 31.5 Å². The van der Waals surface area contributed by atoms with Gasteiger partial charge in [0.2, 0.25) is 0 Å². The average Bonchev–Trinajstić information content (AvgIpc) is 2.46. The van der Waals surface area contributed by atoms with Gasteiger partial charge >= 0.3 is 0 Å². The van der Waals surface area contributed by atoms with Crippen LogP contribution in [0.1, 0.15) is 38.3 Å². The number of piperidine rings is 1. The minimum atomic E-state index is 0.457. The highest BCUT2D eigenvalue weighted by Crippen LogP contribution is 2.35. The highest BCUT2D eigenvalue weighted by Gasteiger charge is 2.23. The lowest BCUT2D eigenvalue weighted by Gasteiger charge is -2.36. The predicted octanol–water partition coefficient (Wildman–Crippen LogP) is 3.25. The van der Waals surface area contributed by atoms with Gasteiger partial charge in [0.25, 0.3) is 0 Å². The molecule has 0 saturated carbocycles. The summed E-state index contributed by atoms with van der Waals surface area (Å²) in [6, 6.07) is 6.84. The van der Waals surface area contributed by atoms with Crippen LogP contribution in [0.5, 0.6) is 11.5 Å². The number of fused-ring (bicyclic) bond motifs is 1. The maximum Gasteiger partial charge on any atom is 0.161 e. The van der Waals surface area contributed by atoms with Gasteiger partial charge in [-0.2, -0.15) is 0 Å². The van der Waals surface area contributed by atoms with E-state index in [0.29, 0.717) is 19.3 Å². The van der Waals surface area contributed by atoms with Gasteiger partial charge in [0.15, 0.2) is 11.5 Å². The molecular formula is C16H23NO2. The number of hydrogen-bond donors (Lipinski definition) is 0. The van der Waals surface area contributed by atoms with Crippen molar-refractivity contribution < 1.29 is 9.47 Å². The van der Waals surface area contributed by atoms with Crippen LogP contribution in [-0.4, -0.2) is 31.2 Å². The zero-order chi connectivity index (χ0) is 13.2. The number of benzene rings is 1. The van der Waals surface area contributed by atoms with Crippen molar-refractivity contribution in [3.8, 4) is 11.5 Å². The van der Waals surface area contributed by atoms with Gasteiger partial charge in [-0.05, 0) is 49.9 Å². The first-order valence-electron chi connectivity index (χ1n) is 7.37. The zero-order valence-electron chi connectivity index (χ0n) is 11.9. The predicted molar refractivity (Wildman–Crippen MR) is 75.8 cm³/mol. The molecule has 3 nitrogen and oxygen atoms in total. The first kappa shape index (κ1) is 12.8. The van der Waals surface area contributed by atoms with Crippen molar-refractivity contribution in [2.24, 2.45) is 5.92 Å². The molecule has 1 aromatic carbocycles. The Labute approximate surface area is 115 Å². The summed E-state index contributed by atoms with van der Waals surface area (Å²) < 4.78 is 11.3. The fraction of sp³-hybridized carbons (Fsp3) is 0.625. The molecule has 0 bridgehead atoms. The molecule has 0 amide bonds. The number of hydrogen-bond acceptors (Lipinski definition) is 3. The minimum absolute atomic E-state index is 0.457. The van der Waals surface area contributed by atoms with Crippen molar-refractivity contribution in [2.75, 3.05) is 26.3 Å². The van der Waals surface area contributed by atoms with Crippen molar-refractivity contribution in [3.63, 3.8) is 0 Å². The number of rotatable bonds is 2. The Morgan fingerprint density at radius 2 is 2.00 bits per heavy atom. The van der Waals surface area contributed by atoms with Crippen LogP contribution in [0.2, 0.25) is 0 Å². The van der Waals surface area contributed by atoms with Crippen molar-refractivity contribution in [3.05, 3.63) is 23.8 Å². The van der Waals surface area contributed by atoms with E-state index >= 15 is 0 Å². The van der Waals surface area contributed by atoms with Gasteiger partial charge in [-0.1, -0.05) is 13.0 Å². The van der Waals surface area contributed by atoms with Gasteiger partial charge in [-0.3, -0.25) is 4.90 Å². The third-order valence-electron chi connectivity index (χ3n) is 4.28. The third-order valence-corrected chi connectivity index (χ3v) is 4.28. The second-order valence-corrected chi connectivity index (χ2v) is 5.82. The molecule has 2 aliphatic rings. The van der Waals surface area contributed by atoms with Gasteiger partial charge < -0.3 is 9.47 Å². The van der Waals surface area contributed by atoms with E-state index in [2.05, 4.69) is 30.9 Å². The minimum Gasteiger partial charge on any atom is -0.486 e. The SMILES string of the molecule is CC1CCCN(C(C)c2ccc3c(c2)OCCO3)C1. The fourth-order valence-corrected chi connectivity index (χ4v) is 3.11. The van der Waals surface area contributed by atoms with E-state index in [0.717, 1.165) is 17.4 Å². The summed E-state index contributed by atoms with van der Waals surface area (Å²) >= 11 is 0. The molecule has 2 atom stereocenters. The molecule has 1 fully saturated rings. The van der Waals surface area contributed by atoms with Gasteiger partial charge in [0.1, 0.15) is 13.2 Å². The Balaban J connectivity index is 1.77. The summed E-state index contributed by atoms with van der Waals surface area (Å²) in [7, 11) is 0. The van der Waals surface area contributed by atoms with E-state index in [4.69, 9.17) is 9.47 Å². The third kappa shape index (κ3) is 2.71. The van der Waals surface area contributed by atoms with Crippen molar-refractivity contribution in [1.29, 1.82) is 0 Å². The van der Waals surface area contributed by atoms with Crippen LogP contribution in [0, 0.1) is 5.92 Å². The molecule has 2 heterocycles. The monoisotopic (exact) mass is 261 g/mol. The molecule has 2 unspecified atom stereocenters. The molecular weight excluding hydrogens is 238 g/mol. The Morgan fingerprint density at radius 3 is 2.79 bits per heavy atom. The smallest absolute Gasteiger partial charge is 0.161 e. The molecule has 3 rings (SSSR count). The molecule has 1 saturated heterocycles. The van der Waals surface area contributed by atoms with E-state index in [1.807, 2.05) is 6.07 Å². The normalized spacial score (nSPS) is 25.1. The summed E-state index contributed by atoms with van der Waals surface area (Å²) in [4.78, 5) is 2.58. The molecule has 0 N–H and O–H groups in total. The number of nitrogens with zero attached hydrogens (tertiary/aromatic N) is 1. The molecule has 1 aromatic rings.